The summed E-state index contributed by atoms with van der Waals surface area (Å²) in [5.74, 6) is 3.70. The van der Waals surface area contributed by atoms with Crippen molar-refractivity contribution in [3.05, 3.63) is 191 Å². The molecule has 2 atom stereocenters. The molecule has 6 aromatic rings. The van der Waals surface area contributed by atoms with Crippen LogP contribution in [0.1, 0.15) is 39.8 Å². The van der Waals surface area contributed by atoms with Crippen LogP contribution in [0.4, 0.5) is 0 Å². The molecular formula is C49H46Br2N2NiO6. The summed E-state index contributed by atoms with van der Waals surface area (Å²) in [4.78, 5) is 10.9. The summed E-state index contributed by atoms with van der Waals surface area (Å²) in [6.07, 6.45) is 1.35. The average molecular weight is 977 g/mol. The van der Waals surface area contributed by atoms with Crippen molar-refractivity contribution in [3.8, 4) is 23.0 Å². The van der Waals surface area contributed by atoms with Crippen molar-refractivity contribution in [2.24, 2.45) is 9.98 Å². The van der Waals surface area contributed by atoms with Crippen molar-refractivity contribution in [3.63, 3.8) is 0 Å². The molecule has 0 N–H and O–H groups in total. The Hall–Kier alpha value is -5.09. The van der Waals surface area contributed by atoms with Crippen LogP contribution in [0.3, 0.4) is 0 Å². The first-order valence-electron chi connectivity index (χ1n) is 19.2. The average Bonchev–Trinajstić information content (AvgIpc) is 3.81. The van der Waals surface area contributed by atoms with Gasteiger partial charge < -0.3 is 62.4 Å². The number of aliphatic imine (C=N–C) groups is 2. The Morgan fingerprint density at radius 3 is 0.967 bits per heavy atom. The van der Waals surface area contributed by atoms with Crippen LogP contribution in [-0.2, 0) is 50.0 Å². The van der Waals surface area contributed by atoms with Crippen molar-refractivity contribution in [2.75, 3.05) is 28.4 Å². The summed E-state index contributed by atoms with van der Waals surface area (Å²) >= 11 is 0. The number of hydrogen-bond acceptors (Lipinski definition) is 8. The number of benzene rings is 6. The molecule has 0 bridgehead atoms. The summed E-state index contributed by atoms with van der Waals surface area (Å²) in [7, 11) is 6.73. The van der Waals surface area contributed by atoms with Gasteiger partial charge in [0.2, 0.25) is 0 Å². The van der Waals surface area contributed by atoms with E-state index >= 15 is 0 Å². The zero-order valence-corrected chi connectivity index (χ0v) is 37.9. The third-order valence-corrected chi connectivity index (χ3v) is 11.0. The van der Waals surface area contributed by atoms with E-state index in [9.17, 15) is 0 Å². The molecule has 0 saturated carbocycles. The van der Waals surface area contributed by atoms with E-state index in [-0.39, 0.29) is 56.9 Å². The Balaban J connectivity index is 0.00000228. The van der Waals surface area contributed by atoms with Crippen LogP contribution in [0.15, 0.2) is 168 Å². The van der Waals surface area contributed by atoms with E-state index in [1.54, 1.807) is 28.4 Å². The first-order chi connectivity index (χ1) is 28.0. The van der Waals surface area contributed by atoms with Crippen LogP contribution in [0.2, 0.25) is 0 Å². The van der Waals surface area contributed by atoms with Crippen molar-refractivity contribution in [1.82, 2.24) is 0 Å². The van der Waals surface area contributed by atoms with Gasteiger partial charge in [0.15, 0.2) is 23.0 Å². The maximum atomic E-state index is 7.36. The molecule has 0 radical (unpaired) electrons. The molecule has 8 rings (SSSR count). The molecule has 0 fully saturated rings. The van der Waals surface area contributed by atoms with E-state index < -0.39 is 23.3 Å². The van der Waals surface area contributed by atoms with Crippen LogP contribution >= 0.6 is 0 Å². The fraction of sp³-hybridized carbons (Fsp3) is 0.224. The first-order valence-corrected chi connectivity index (χ1v) is 19.2. The molecule has 0 spiro atoms. The van der Waals surface area contributed by atoms with Gasteiger partial charge in [0.1, 0.15) is 35.1 Å². The maximum Gasteiger partial charge on any atom is 2.00 e. The number of halogens is 2. The molecule has 0 unspecified atom stereocenters. The van der Waals surface area contributed by atoms with Crippen molar-refractivity contribution < 1.29 is 78.9 Å². The minimum absolute atomic E-state index is 0. The van der Waals surface area contributed by atoms with E-state index in [0.717, 1.165) is 33.4 Å². The quantitative estimate of drug-likeness (QED) is 0.156. The van der Waals surface area contributed by atoms with E-state index in [2.05, 4.69) is 48.5 Å². The van der Waals surface area contributed by atoms with Gasteiger partial charge >= 0.3 is 16.5 Å². The van der Waals surface area contributed by atoms with Gasteiger partial charge in [-0.1, -0.05) is 133 Å². The van der Waals surface area contributed by atoms with Crippen LogP contribution in [-0.4, -0.2) is 52.3 Å². The van der Waals surface area contributed by atoms with E-state index in [1.165, 1.54) is 0 Å². The summed E-state index contributed by atoms with van der Waals surface area (Å²) in [6, 6.07) is 51.8. The molecule has 0 amide bonds. The summed E-state index contributed by atoms with van der Waals surface area (Å²) < 4.78 is 38.9. The van der Waals surface area contributed by atoms with Gasteiger partial charge in [-0.3, -0.25) is 0 Å². The summed E-state index contributed by atoms with van der Waals surface area (Å²) in [6.45, 7) is 0. The van der Waals surface area contributed by atoms with Crippen LogP contribution in [0.25, 0.3) is 0 Å². The smallest absolute Gasteiger partial charge is 1.00 e. The van der Waals surface area contributed by atoms with Gasteiger partial charge in [-0.25, -0.2) is 9.98 Å². The third-order valence-electron chi connectivity index (χ3n) is 11.0. The molecule has 2 aliphatic heterocycles. The number of ether oxygens (including phenoxy) is 6. The molecule has 0 aliphatic carbocycles. The Labute approximate surface area is 383 Å². The van der Waals surface area contributed by atoms with Gasteiger partial charge in [-0.05, 0) is 48.2 Å². The number of para-hydroxylation sites is 4. The summed E-state index contributed by atoms with van der Waals surface area (Å²) in [5, 5.41) is 0. The van der Waals surface area contributed by atoms with Crippen LogP contribution in [0.5, 0.6) is 23.0 Å². The second-order valence-electron chi connectivity index (χ2n) is 14.1. The second kappa shape index (κ2) is 20.5. The van der Waals surface area contributed by atoms with Crippen LogP contribution in [0, 0.1) is 0 Å². The molecule has 0 saturated heterocycles. The van der Waals surface area contributed by atoms with Crippen LogP contribution < -0.4 is 52.9 Å². The minimum atomic E-state index is -1.13. The Kier molecular flexibility index (Phi) is 15.7. The number of methoxy groups -OCH3 is 4. The van der Waals surface area contributed by atoms with Gasteiger partial charge in [-0.2, -0.15) is 0 Å². The minimum Gasteiger partial charge on any atom is -1.00 e. The fourth-order valence-corrected chi connectivity index (χ4v) is 8.47. The Morgan fingerprint density at radius 2 is 0.683 bits per heavy atom. The number of nitrogens with zero attached hydrogens (tertiary/aromatic N) is 2. The van der Waals surface area contributed by atoms with E-state index in [1.807, 2.05) is 109 Å². The Bertz CT molecular complexity index is 2140. The van der Waals surface area contributed by atoms with Crippen molar-refractivity contribution >= 4 is 11.8 Å². The standard InChI is InChI=1S/C49H46N2O6.2BrH.Ni/c1-52-40-27-15-11-23-36(40)48(37-24-12-16-28-41(37)53-2)44(31-34-19-7-5-8-20-34)50-46(56-48)33-47-51-45(32-35-21-9-6-10-22-35)49(57-47,38-25-13-17-29-42(38)54-3)39-26-14-18-30-43(39)55-4;;;/h5-30,44-45H,31-33H2,1-4H3;2*1H;/q;;;+2/p-2/t44-,45-;;;/m1.../s1. The van der Waals surface area contributed by atoms with E-state index in [4.69, 9.17) is 38.4 Å². The molecule has 6 aromatic carbocycles. The van der Waals surface area contributed by atoms with E-state index in [0.29, 0.717) is 47.6 Å². The number of rotatable bonds is 14. The molecule has 2 aliphatic rings. The molecule has 11 heteroatoms. The zero-order valence-electron chi connectivity index (χ0n) is 33.7. The second-order valence-corrected chi connectivity index (χ2v) is 14.1. The zero-order chi connectivity index (χ0) is 39.2. The largest absolute Gasteiger partial charge is 2.00 e. The SMILES string of the molecule is COc1ccccc1C1(c2ccccc2OC)OC(CC2=N[C@H](Cc3ccccc3)C(c3ccccc3OC)(c3ccccc3OC)O2)=N[C@@H]1Cc1ccccc1.[Br-].[Br-].[Ni+2]. The predicted octanol–water partition coefficient (Wildman–Crippen LogP) is 3.38. The van der Waals surface area contributed by atoms with Gasteiger partial charge in [0.05, 0.1) is 34.9 Å². The van der Waals surface area contributed by atoms with Gasteiger partial charge in [0.25, 0.3) is 0 Å². The van der Waals surface area contributed by atoms with Gasteiger partial charge in [0, 0.05) is 22.3 Å². The number of hydrogen-bond donors (Lipinski definition) is 0. The monoisotopic (exact) mass is 974 g/mol. The molecule has 0 aromatic heterocycles. The first kappa shape index (κ1) is 46.0. The predicted molar refractivity (Wildman–Crippen MR) is 223 cm³/mol. The van der Waals surface area contributed by atoms with Crippen molar-refractivity contribution in [1.29, 1.82) is 0 Å². The third kappa shape index (κ3) is 8.58. The van der Waals surface area contributed by atoms with Crippen molar-refractivity contribution in [2.45, 2.75) is 42.5 Å². The molecule has 2 heterocycles. The molecular weight excluding hydrogens is 931 g/mol. The molecule has 312 valence electrons. The molecule has 60 heavy (non-hydrogen) atoms. The maximum absolute atomic E-state index is 7.36. The summed E-state index contributed by atoms with van der Waals surface area (Å²) in [5.41, 5.74) is 3.33. The normalized spacial score (nSPS) is 16.9. The molecule has 8 nitrogen and oxygen atoms in total. The Morgan fingerprint density at radius 1 is 0.417 bits per heavy atom. The topological polar surface area (TPSA) is 80.1 Å². The fourth-order valence-electron chi connectivity index (χ4n) is 8.47. The van der Waals surface area contributed by atoms with Gasteiger partial charge in [-0.15, -0.1) is 0 Å².